The summed E-state index contributed by atoms with van der Waals surface area (Å²) in [5.41, 5.74) is 8.50. The van der Waals surface area contributed by atoms with Gasteiger partial charge in [0.25, 0.3) is 10.0 Å². The Morgan fingerprint density at radius 2 is 1.62 bits per heavy atom. The zero-order chi connectivity index (χ0) is 31.1. The maximum Gasteiger partial charge on any atom is 0.325 e. The second kappa shape index (κ2) is 16.4. The van der Waals surface area contributed by atoms with Crippen molar-refractivity contribution in [3.05, 3.63) is 95.7 Å². The molecule has 1 aromatic heterocycles. The van der Waals surface area contributed by atoms with E-state index in [0.29, 0.717) is 40.7 Å². The lowest BCUT2D eigenvalue weighted by atomic mass is 10.0. The smallest absolute Gasteiger partial charge is 0.325 e. The third-order valence-corrected chi connectivity index (χ3v) is 8.89. The summed E-state index contributed by atoms with van der Waals surface area (Å²) in [6.45, 7) is 2.54. The number of nitrogens with zero attached hydrogens (tertiary/aromatic N) is 3. The molecule has 0 saturated carbocycles. The SMILES string of the molecule is CCOC(=O)Cn1cc(C(=O)CCc2ccc(C(=N)N)cc2)c2cc(N(CCN(C)C)S(=O)(=O)c3ccccc3)ccc21.Cl.Cl. The fourth-order valence-electron chi connectivity index (χ4n) is 4.78. The third kappa shape index (κ3) is 9.07. The molecule has 0 bridgehead atoms. The van der Waals surface area contributed by atoms with Gasteiger partial charge in [0.05, 0.1) is 17.2 Å². The molecule has 0 aliphatic heterocycles. The molecule has 0 atom stereocenters. The first-order chi connectivity index (χ1) is 20.5. The van der Waals surface area contributed by atoms with E-state index in [1.807, 2.05) is 31.1 Å². The standard InChI is InChI=1S/C32H37N5O5S.2ClH/c1-4-42-31(39)22-36-21-28(30(38)17-12-23-10-13-24(14-11-23)32(33)34)27-20-25(15-16-29(27)36)37(19-18-35(2)3)43(40,41)26-8-6-5-7-9-26;;/h5-11,13-16,20-21H,4,12,17-19,22H2,1-3H3,(H3,33,34);2*1H. The van der Waals surface area contributed by atoms with Crippen LogP contribution in [0, 0.1) is 5.41 Å². The number of ether oxygens (including phenoxy) is 1. The highest BCUT2D eigenvalue weighted by Gasteiger charge is 2.26. The van der Waals surface area contributed by atoms with Crippen molar-refractivity contribution in [2.45, 2.75) is 31.2 Å². The van der Waals surface area contributed by atoms with Crippen LogP contribution in [0.2, 0.25) is 0 Å². The normalized spacial score (nSPS) is 11.0. The second-order valence-electron chi connectivity index (χ2n) is 10.4. The van der Waals surface area contributed by atoms with Crippen molar-refractivity contribution in [3.63, 3.8) is 0 Å². The molecule has 0 amide bonds. The number of benzene rings is 3. The molecule has 0 aliphatic rings. The number of hydrogen-bond acceptors (Lipinski definition) is 7. The summed E-state index contributed by atoms with van der Waals surface area (Å²) in [4.78, 5) is 28.1. The number of esters is 1. The van der Waals surface area contributed by atoms with Crippen molar-refractivity contribution in [2.24, 2.45) is 5.73 Å². The number of aromatic nitrogens is 1. The van der Waals surface area contributed by atoms with E-state index in [1.165, 1.54) is 4.31 Å². The predicted octanol–water partition coefficient (Wildman–Crippen LogP) is 4.90. The van der Waals surface area contributed by atoms with Gasteiger partial charge in [0.15, 0.2) is 5.78 Å². The van der Waals surface area contributed by atoms with Gasteiger partial charge < -0.3 is 19.9 Å². The molecule has 4 aromatic rings. The molecule has 3 aromatic carbocycles. The minimum Gasteiger partial charge on any atom is -0.465 e. The molecule has 45 heavy (non-hydrogen) atoms. The number of likely N-dealkylation sites (N-methyl/N-ethyl adjacent to an activating group) is 1. The number of carbonyl (C=O) groups excluding carboxylic acids is 2. The number of sulfonamides is 1. The van der Waals surface area contributed by atoms with Crippen LogP contribution in [0.15, 0.2) is 83.9 Å². The Hall–Kier alpha value is -3.90. The second-order valence-corrected chi connectivity index (χ2v) is 12.3. The zero-order valence-electron chi connectivity index (χ0n) is 25.4. The molecular weight excluding hydrogens is 637 g/mol. The van der Waals surface area contributed by atoms with Gasteiger partial charge in [0.2, 0.25) is 0 Å². The van der Waals surface area contributed by atoms with Crippen molar-refractivity contribution < 1.29 is 22.7 Å². The van der Waals surface area contributed by atoms with Gasteiger partial charge in [-0.1, -0.05) is 42.5 Å². The summed E-state index contributed by atoms with van der Waals surface area (Å²) in [6, 6.07) is 20.6. The highest BCUT2D eigenvalue weighted by atomic mass is 35.5. The number of rotatable bonds is 14. The minimum absolute atomic E-state index is 0. The van der Waals surface area contributed by atoms with Crippen molar-refractivity contribution >= 4 is 69.0 Å². The fraction of sp³-hybridized carbons (Fsp3) is 0.281. The van der Waals surface area contributed by atoms with E-state index in [0.717, 1.165) is 5.56 Å². The highest BCUT2D eigenvalue weighted by Crippen LogP contribution is 2.31. The Labute approximate surface area is 276 Å². The van der Waals surface area contributed by atoms with Crippen molar-refractivity contribution in [1.29, 1.82) is 5.41 Å². The number of nitrogens with one attached hydrogen (secondary N) is 1. The highest BCUT2D eigenvalue weighted by molar-refractivity contribution is 7.92. The van der Waals surface area contributed by atoms with Gasteiger partial charge >= 0.3 is 5.97 Å². The first kappa shape index (κ1) is 37.3. The number of fused-ring (bicyclic) bond motifs is 1. The molecule has 4 rings (SSSR count). The number of nitrogens with two attached hydrogens (primary N) is 1. The number of ketones is 1. The number of nitrogen functional groups attached to an aromatic ring is 1. The molecule has 0 unspecified atom stereocenters. The van der Waals surface area contributed by atoms with Gasteiger partial charge in [0, 0.05) is 47.7 Å². The van der Waals surface area contributed by atoms with Crippen molar-refractivity contribution in [1.82, 2.24) is 9.47 Å². The number of Topliss-reactive ketones (excluding diaryl/α,β-unsaturated/α-hetero) is 1. The van der Waals surface area contributed by atoms with Crippen molar-refractivity contribution in [3.8, 4) is 0 Å². The Kier molecular flexibility index (Phi) is 13.6. The van der Waals surface area contributed by atoms with E-state index in [9.17, 15) is 18.0 Å². The number of halogens is 2. The van der Waals surface area contributed by atoms with Gasteiger partial charge in [-0.3, -0.25) is 19.3 Å². The first-order valence-corrected chi connectivity index (χ1v) is 15.4. The van der Waals surface area contributed by atoms with Gasteiger partial charge in [-0.05, 0) is 63.3 Å². The molecule has 0 radical (unpaired) electrons. The molecule has 0 aliphatic carbocycles. The lowest BCUT2D eigenvalue weighted by Gasteiger charge is -2.26. The van der Waals surface area contributed by atoms with Gasteiger partial charge in [-0.2, -0.15) is 0 Å². The van der Waals surface area contributed by atoms with Crippen LogP contribution in [0.25, 0.3) is 10.9 Å². The summed E-state index contributed by atoms with van der Waals surface area (Å²) in [5, 5.41) is 8.12. The van der Waals surface area contributed by atoms with Gasteiger partial charge in [-0.25, -0.2) is 8.42 Å². The molecule has 3 N–H and O–H groups in total. The Bertz CT molecular complexity index is 1730. The number of amidine groups is 1. The molecule has 1 heterocycles. The number of anilines is 1. The van der Waals surface area contributed by atoms with Crippen molar-refractivity contribution in [2.75, 3.05) is 38.1 Å². The van der Waals surface area contributed by atoms with E-state index in [1.54, 1.807) is 78.4 Å². The monoisotopic (exact) mass is 675 g/mol. The number of hydrogen-bond donors (Lipinski definition) is 2. The summed E-state index contributed by atoms with van der Waals surface area (Å²) in [7, 11) is -0.167. The van der Waals surface area contributed by atoms with Crippen LogP contribution in [0.3, 0.4) is 0 Å². The van der Waals surface area contributed by atoms with Crippen LogP contribution in [-0.2, 0) is 32.5 Å². The zero-order valence-corrected chi connectivity index (χ0v) is 27.9. The fourth-order valence-corrected chi connectivity index (χ4v) is 6.25. The Morgan fingerprint density at radius 1 is 0.956 bits per heavy atom. The Morgan fingerprint density at radius 3 is 2.22 bits per heavy atom. The average molecular weight is 677 g/mol. The van der Waals surface area contributed by atoms with Crippen LogP contribution >= 0.6 is 24.8 Å². The molecule has 0 fully saturated rings. The topological polar surface area (TPSA) is 139 Å². The first-order valence-electron chi connectivity index (χ1n) is 14.0. The van der Waals surface area contributed by atoms with Crippen LogP contribution in [-0.4, -0.2) is 69.3 Å². The maximum atomic E-state index is 13.8. The van der Waals surface area contributed by atoms with E-state index in [2.05, 4.69) is 0 Å². The van der Waals surface area contributed by atoms with Crippen LogP contribution < -0.4 is 10.0 Å². The van der Waals surface area contributed by atoms with Crippen LogP contribution in [0.4, 0.5) is 5.69 Å². The summed E-state index contributed by atoms with van der Waals surface area (Å²) >= 11 is 0. The Balaban J connectivity index is 0.00000353. The predicted molar refractivity (Wildman–Crippen MR) is 183 cm³/mol. The van der Waals surface area contributed by atoms with E-state index in [4.69, 9.17) is 15.9 Å². The quantitative estimate of drug-likeness (QED) is 0.0839. The molecule has 0 saturated heterocycles. The summed E-state index contributed by atoms with van der Waals surface area (Å²) in [5.74, 6) is -0.611. The van der Waals surface area contributed by atoms with Gasteiger partial charge in [0.1, 0.15) is 12.4 Å². The molecule has 242 valence electrons. The van der Waals surface area contributed by atoms with Crippen LogP contribution in [0.1, 0.15) is 34.8 Å². The third-order valence-electron chi connectivity index (χ3n) is 7.05. The lowest BCUT2D eigenvalue weighted by molar-refractivity contribution is -0.143. The van der Waals surface area contributed by atoms with E-state index < -0.39 is 16.0 Å². The average Bonchev–Trinajstić information content (AvgIpc) is 3.34. The molecular formula is C32H39Cl2N5O5S. The lowest BCUT2D eigenvalue weighted by Crippen LogP contribution is -2.36. The summed E-state index contributed by atoms with van der Waals surface area (Å²) < 4.78 is 35.8. The van der Waals surface area contributed by atoms with Gasteiger partial charge in [-0.15, -0.1) is 24.8 Å². The van der Waals surface area contributed by atoms with E-state index in [-0.39, 0.29) is 67.4 Å². The van der Waals surface area contributed by atoms with E-state index >= 15 is 0 Å². The maximum absolute atomic E-state index is 13.8. The largest absolute Gasteiger partial charge is 0.465 e. The number of carbonyl (C=O) groups is 2. The molecule has 13 heteroatoms. The number of aryl methyl sites for hydroxylation is 1. The molecule has 0 spiro atoms. The van der Waals surface area contributed by atoms with Crippen LogP contribution in [0.5, 0.6) is 0 Å². The summed E-state index contributed by atoms with van der Waals surface area (Å²) in [6.07, 6.45) is 2.29. The minimum atomic E-state index is -3.91. The molecule has 10 nitrogen and oxygen atoms in total.